The Hall–Kier alpha value is -1.97. The predicted octanol–water partition coefficient (Wildman–Crippen LogP) is 6.69. The lowest BCUT2D eigenvalue weighted by molar-refractivity contribution is -0.159. The third-order valence-corrected chi connectivity index (χ3v) is 11.5. The van der Waals surface area contributed by atoms with Gasteiger partial charge in [-0.05, 0) is 84.5 Å². The van der Waals surface area contributed by atoms with E-state index in [2.05, 4.69) is 45.1 Å². The molecule has 1 aromatic carbocycles. The number of hydrogen-bond donors (Lipinski definition) is 1. The average Bonchev–Trinajstić information content (AvgIpc) is 3.21. The number of ketones is 2. The molecule has 1 aromatic rings. The molecule has 4 saturated carbocycles. The molecule has 4 nitrogen and oxygen atoms in total. The Morgan fingerprint density at radius 2 is 1.72 bits per heavy atom. The van der Waals surface area contributed by atoms with Gasteiger partial charge in [0.25, 0.3) is 0 Å². The summed E-state index contributed by atoms with van der Waals surface area (Å²) in [5.41, 5.74) is 1.44. The van der Waals surface area contributed by atoms with Gasteiger partial charge in [0.2, 0.25) is 5.91 Å². The molecule has 9 atom stereocenters. The van der Waals surface area contributed by atoms with Crippen LogP contribution in [0.2, 0.25) is 0 Å². The van der Waals surface area contributed by atoms with Gasteiger partial charge in [0.1, 0.15) is 11.6 Å². The van der Waals surface area contributed by atoms with E-state index in [4.69, 9.17) is 0 Å². The van der Waals surface area contributed by atoms with Crippen LogP contribution in [0.1, 0.15) is 104 Å². The van der Waals surface area contributed by atoms with E-state index in [1.165, 1.54) is 5.56 Å². The van der Waals surface area contributed by atoms with Crippen molar-refractivity contribution in [3.8, 4) is 0 Å². The smallest absolute Gasteiger partial charge is 0.220 e. The molecule has 0 radical (unpaired) electrons. The number of carbonyl (C=O) groups is 3. The zero-order valence-electron chi connectivity index (χ0n) is 22.7. The van der Waals surface area contributed by atoms with Crippen molar-refractivity contribution in [3.63, 3.8) is 0 Å². The van der Waals surface area contributed by atoms with Crippen LogP contribution in [0.4, 0.5) is 0 Å². The topological polar surface area (TPSA) is 63.2 Å². The number of Topliss-reactive ketones (excluding diaryl/α,β-unsaturated/α-hetero) is 2. The minimum Gasteiger partial charge on any atom is -0.349 e. The van der Waals surface area contributed by atoms with Gasteiger partial charge in [0, 0.05) is 31.6 Å². The summed E-state index contributed by atoms with van der Waals surface area (Å²) in [6, 6.07) is 10.3. The summed E-state index contributed by atoms with van der Waals surface area (Å²) in [6.07, 6.45) is 8.82. The van der Waals surface area contributed by atoms with E-state index in [1.54, 1.807) is 0 Å². The molecule has 4 fully saturated rings. The van der Waals surface area contributed by atoms with Gasteiger partial charge in [-0.2, -0.15) is 0 Å². The Bertz CT molecular complexity index is 1000. The summed E-state index contributed by atoms with van der Waals surface area (Å²) in [6.45, 7) is 9.22. The molecule has 196 valence electrons. The largest absolute Gasteiger partial charge is 0.349 e. The second-order valence-electron chi connectivity index (χ2n) is 13.2. The fourth-order valence-electron chi connectivity index (χ4n) is 9.49. The molecule has 0 spiro atoms. The van der Waals surface area contributed by atoms with Crippen LogP contribution in [0.25, 0.3) is 0 Å². The number of hydrogen-bond acceptors (Lipinski definition) is 3. The number of carbonyl (C=O) groups excluding carboxylic acids is 3. The molecule has 4 heteroatoms. The summed E-state index contributed by atoms with van der Waals surface area (Å²) in [7, 11) is 0. The molecule has 0 heterocycles. The van der Waals surface area contributed by atoms with E-state index in [0.717, 1.165) is 38.5 Å². The minimum absolute atomic E-state index is 0.0594. The molecule has 4 aliphatic carbocycles. The molecular formula is C32H45NO3. The van der Waals surface area contributed by atoms with Crippen LogP contribution < -0.4 is 5.32 Å². The Morgan fingerprint density at radius 3 is 2.44 bits per heavy atom. The van der Waals surface area contributed by atoms with Crippen LogP contribution in [0.15, 0.2) is 30.3 Å². The van der Waals surface area contributed by atoms with Crippen LogP contribution >= 0.6 is 0 Å². The molecule has 1 N–H and O–H groups in total. The van der Waals surface area contributed by atoms with E-state index < -0.39 is 0 Å². The Morgan fingerprint density at radius 1 is 1.00 bits per heavy atom. The van der Waals surface area contributed by atoms with Crippen molar-refractivity contribution < 1.29 is 14.4 Å². The lowest BCUT2D eigenvalue weighted by atomic mass is 9.44. The third-order valence-electron chi connectivity index (χ3n) is 11.5. The van der Waals surface area contributed by atoms with Gasteiger partial charge in [0.05, 0.1) is 6.04 Å². The maximum absolute atomic E-state index is 13.6. The van der Waals surface area contributed by atoms with Gasteiger partial charge in [-0.25, -0.2) is 0 Å². The molecule has 4 aliphatic rings. The normalized spacial score (nSPS) is 39.5. The molecule has 0 aromatic heterocycles. The molecule has 1 amide bonds. The summed E-state index contributed by atoms with van der Waals surface area (Å²) in [5, 5.41) is 3.29. The SMILES string of the molecule is CC[C@H](NC(=O)C[C@@H](C)C1CC[C@H]2C3C(=O)CC4CC(=O)CCC4(C)[C@H]3CCC12C)c1ccccc1. The lowest BCUT2D eigenvalue weighted by Crippen LogP contribution is -2.57. The quantitative estimate of drug-likeness (QED) is 0.482. The second kappa shape index (κ2) is 9.72. The van der Waals surface area contributed by atoms with Gasteiger partial charge >= 0.3 is 0 Å². The van der Waals surface area contributed by atoms with Crippen LogP contribution in [0.3, 0.4) is 0 Å². The first-order valence-electron chi connectivity index (χ1n) is 14.6. The molecule has 5 unspecified atom stereocenters. The van der Waals surface area contributed by atoms with Crippen LogP contribution in [0, 0.1) is 46.3 Å². The number of nitrogens with one attached hydrogen (secondary N) is 1. The number of fused-ring (bicyclic) bond motifs is 5. The molecule has 0 bridgehead atoms. The van der Waals surface area contributed by atoms with Crippen molar-refractivity contribution in [2.75, 3.05) is 0 Å². The number of benzene rings is 1. The molecule has 36 heavy (non-hydrogen) atoms. The number of rotatable bonds is 6. The fraction of sp³-hybridized carbons (Fsp3) is 0.719. The Kier molecular flexibility index (Phi) is 6.93. The van der Waals surface area contributed by atoms with Crippen molar-refractivity contribution in [2.45, 2.75) is 97.9 Å². The van der Waals surface area contributed by atoms with Crippen LogP contribution in [0.5, 0.6) is 0 Å². The summed E-state index contributed by atoms with van der Waals surface area (Å²) in [4.78, 5) is 38.9. The zero-order chi connectivity index (χ0) is 25.7. The fourth-order valence-corrected chi connectivity index (χ4v) is 9.49. The highest BCUT2D eigenvalue weighted by atomic mass is 16.2. The first-order valence-corrected chi connectivity index (χ1v) is 14.6. The molecule has 0 saturated heterocycles. The maximum atomic E-state index is 13.6. The highest BCUT2D eigenvalue weighted by molar-refractivity contribution is 5.86. The van der Waals surface area contributed by atoms with E-state index in [9.17, 15) is 14.4 Å². The molecule has 0 aliphatic heterocycles. The summed E-state index contributed by atoms with van der Waals surface area (Å²) >= 11 is 0. The van der Waals surface area contributed by atoms with Crippen molar-refractivity contribution >= 4 is 17.5 Å². The summed E-state index contributed by atoms with van der Waals surface area (Å²) in [5.74, 6) is 3.01. The molecule has 5 rings (SSSR count). The first-order chi connectivity index (χ1) is 17.2. The van der Waals surface area contributed by atoms with E-state index >= 15 is 0 Å². The second-order valence-corrected chi connectivity index (χ2v) is 13.2. The predicted molar refractivity (Wildman–Crippen MR) is 142 cm³/mol. The van der Waals surface area contributed by atoms with Crippen LogP contribution in [-0.2, 0) is 14.4 Å². The van der Waals surface area contributed by atoms with Gasteiger partial charge < -0.3 is 5.32 Å². The maximum Gasteiger partial charge on any atom is 0.220 e. The van der Waals surface area contributed by atoms with Crippen LogP contribution in [-0.4, -0.2) is 17.5 Å². The summed E-state index contributed by atoms with van der Waals surface area (Å²) < 4.78 is 0. The Balaban J connectivity index is 1.28. The van der Waals surface area contributed by atoms with Crippen molar-refractivity contribution in [3.05, 3.63) is 35.9 Å². The third kappa shape index (κ3) is 4.27. The monoisotopic (exact) mass is 491 g/mol. The van der Waals surface area contributed by atoms with E-state index in [-0.39, 0.29) is 34.6 Å². The van der Waals surface area contributed by atoms with Gasteiger partial charge in [0.15, 0.2) is 0 Å². The van der Waals surface area contributed by atoms with Gasteiger partial charge in [-0.3, -0.25) is 14.4 Å². The highest BCUT2D eigenvalue weighted by Gasteiger charge is 2.63. The van der Waals surface area contributed by atoms with E-state index in [1.807, 2.05) is 18.2 Å². The average molecular weight is 492 g/mol. The highest BCUT2D eigenvalue weighted by Crippen LogP contribution is 2.67. The first kappa shape index (κ1) is 25.7. The van der Waals surface area contributed by atoms with Crippen molar-refractivity contribution in [1.82, 2.24) is 5.32 Å². The van der Waals surface area contributed by atoms with Crippen molar-refractivity contribution in [1.29, 1.82) is 0 Å². The van der Waals surface area contributed by atoms with Gasteiger partial charge in [-0.15, -0.1) is 0 Å². The minimum atomic E-state index is 0.0594. The standard InChI is InChI=1S/C32H45NO3/c1-5-27(21-9-7-6-8-10-21)33-29(36)17-20(2)24-11-12-25-30-26(14-16-32(24,25)4)31(3)15-13-23(34)18-22(31)19-28(30)35/h6-10,20,22,24-27,30H,5,11-19H2,1-4H3,(H,33,36)/t20-,22?,24?,25+,26+,27+,30?,31?,32?/m1/s1. The Labute approximate surface area is 217 Å². The lowest BCUT2D eigenvalue weighted by Gasteiger charge is -2.59. The molecular weight excluding hydrogens is 446 g/mol. The van der Waals surface area contributed by atoms with Crippen molar-refractivity contribution in [2.24, 2.45) is 46.3 Å². The van der Waals surface area contributed by atoms with Gasteiger partial charge in [-0.1, -0.05) is 58.0 Å². The van der Waals surface area contributed by atoms with E-state index in [0.29, 0.717) is 60.9 Å². The zero-order valence-corrected chi connectivity index (χ0v) is 22.7. The number of amides is 1.